The number of rotatable bonds is 2. The molecule has 0 saturated carbocycles. The van der Waals surface area contributed by atoms with Crippen LogP contribution in [0.15, 0.2) is 24.3 Å². The van der Waals surface area contributed by atoms with Gasteiger partial charge in [-0.05, 0) is 18.6 Å². The highest BCUT2D eigenvalue weighted by Gasteiger charge is 2.33. The predicted molar refractivity (Wildman–Crippen MR) is 58.9 cm³/mol. The lowest BCUT2D eigenvalue weighted by Gasteiger charge is -2.27. The van der Waals surface area contributed by atoms with E-state index in [1.807, 2.05) is 19.1 Å². The molecular weight excluding hydrogens is 204 g/mol. The Kier molecular flexibility index (Phi) is 2.78. The van der Waals surface area contributed by atoms with Gasteiger partial charge in [-0.1, -0.05) is 19.1 Å². The summed E-state index contributed by atoms with van der Waals surface area (Å²) in [4.78, 5) is 11.7. The van der Waals surface area contributed by atoms with Gasteiger partial charge in [0.25, 0.3) is 5.91 Å². The van der Waals surface area contributed by atoms with Crippen LogP contribution in [-0.2, 0) is 4.79 Å². The lowest BCUT2D eigenvalue weighted by Crippen LogP contribution is -2.41. The van der Waals surface area contributed by atoms with Gasteiger partial charge < -0.3 is 10.1 Å². The van der Waals surface area contributed by atoms with Crippen molar-refractivity contribution in [3.63, 3.8) is 0 Å². The summed E-state index contributed by atoms with van der Waals surface area (Å²) in [6.07, 6.45) is -0.110. The molecule has 0 saturated heterocycles. The van der Waals surface area contributed by atoms with Gasteiger partial charge in [-0.2, -0.15) is 5.26 Å². The topological polar surface area (TPSA) is 62.1 Å². The van der Waals surface area contributed by atoms with Crippen molar-refractivity contribution in [1.29, 1.82) is 5.26 Å². The monoisotopic (exact) mass is 216 g/mol. The summed E-state index contributed by atoms with van der Waals surface area (Å²) in [7, 11) is 0. The Morgan fingerprint density at radius 2 is 2.31 bits per heavy atom. The van der Waals surface area contributed by atoms with E-state index >= 15 is 0 Å². The van der Waals surface area contributed by atoms with Crippen LogP contribution in [0.1, 0.15) is 13.3 Å². The minimum atomic E-state index is -0.704. The van der Waals surface area contributed by atoms with E-state index in [-0.39, 0.29) is 5.91 Å². The fourth-order valence-electron chi connectivity index (χ4n) is 1.70. The molecule has 0 bridgehead atoms. The summed E-state index contributed by atoms with van der Waals surface area (Å²) in [5, 5.41) is 11.7. The van der Waals surface area contributed by atoms with Crippen LogP contribution in [0.5, 0.6) is 5.75 Å². The first-order valence-electron chi connectivity index (χ1n) is 5.22. The highest BCUT2D eigenvalue weighted by molar-refractivity contribution is 5.98. The van der Waals surface area contributed by atoms with Crippen LogP contribution in [0.4, 0.5) is 5.69 Å². The van der Waals surface area contributed by atoms with E-state index in [2.05, 4.69) is 11.4 Å². The van der Waals surface area contributed by atoms with Crippen molar-refractivity contribution in [3.05, 3.63) is 24.3 Å². The number of nitrogens with zero attached hydrogens (tertiary/aromatic N) is 1. The molecule has 0 spiro atoms. The SMILES string of the molecule is CCC(C#N)C1Oc2ccccc2NC1=O. The van der Waals surface area contributed by atoms with E-state index in [1.165, 1.54) is 0 Å². The van der Waals surface area contributed by atoms with E-state index < -0.39 is 12.0 Å². The summed E-state index contributed by atoms with van der Waals surface area (Å²) in [6, 6.07) is 9.31. The van der Waals surface area contributed by atoms with E-state index in [0.29, 0.717) is 17.9 Å². The van der Waals surface area contributed by atoms with Crippen LogP contribution in [-0.4, -0.2) is 12.0 Å². The summed E-state index contributed by atoms with van der Waals surface area (Å²) in [6.45, 7) is 1.87. The average Bonchev–Trinajstić information content (AvgIpc) is 2.31. The van der Waals surface area contributed by atoms with E-state index in [9.17, 15) is 4.79 Å². The zero-order chi connectivity index (χ0) is 11.5. The van der Waals surface area contributed by atoms with Crippen molar-refractivity contribution in [1.82, 2.24) is 0 Å². The van der Waals surface area contributed by atoms with Crippen LogP contribution in [0.25, 0.3) is 0 Å². The number of nitrogens with one attached hydrogen (secondary N) is 1. The van der Waals surface area contributed by atoms with Gasteiger partial charge in [0.2, 0.25) is 0 Å². The van der Waals surface area contributed by atoms with Gasteiger partial charge >= 0.3 is 0 Å². The number of para-hydroxylation sites is 2. The molecule has 2 unspecified atom stereocenters. The largest absolute Gasteiger partial charge is 0.477 e. The summed E-state index contributed by atoms with van der Waals surface area (Å²) < 4.78 is 5.55. The van der Waals surface area contributed by atoms with Crippen molar-refractivity contribution >= 4 is 11.6 Å². The molecular formula is C12H12N2O2. The molecule has 1 aromatic carbocycles. The highest BCUT2D eigenvalue weighted by Crippen LogP contribution is 2.31. The Morgan fingerprint density at radius 1 is 1.56 bits per heavy atom. The molecule has 1 heterocycles. The zero-order valence-corrected chi connectivity index (χ0v) is 8.93. The van der Waals surface area contributed by atoms with Crippen LogP contribution < -0.4 is 10.1 Å². The maximum atomic E-state index is 11.7. The highest BCUT2D eigenvalue weighted by atomic mass is 16.5. The zero-order valence-electron chi connectivity index (χ0n) is 8.93. The first-order valence-corrected chi connectivity index (χ1v) is 5.22. The molecule has 4 nitrogen and oxygen atoms in total. The smallest absolute Gasteiger partial charge is 0.266 e. The first-order chi connectivity index (χ1) is 7.76. The summed E-state index contributed by atoms with van der Waals surface area (Å²) in [5.41, 5.74) is 0.663. The predicted octanol–water partition coefficient (Wildman–Crippen LogP) is 1.94. The molecule has 0 fully saturated rings. The van der Waals surface area contributed by atoms with Crippen molar-refractivity contribution < 1.29 is 9.53 Å². The molecule has 82 valence electrons. The van der Waals surface area contributed by atoms with Crippen LogP contribution >= 0.6 is 0 Å². The van der Waals surface area contributed by atoms with Gasteiger partial charge in [0.1, 0.15) is 5.75 Å². The maximum Gasteiger partial charge on any atom is 0.266 e. The number of benzene rings is 1. The van der Waals surface area contributed by atoms with Gasteiger partial charge in [0.15, 0.2) is 6.10 Å². The number of carbonyl (C=O) groups is 1. The van der Waals surface area contributed by atoms with Gasteiger partial charge in [-0.25, -0.2) is 0 Å². The number of hydrogen-bond donors (Lipinski definition) is 1. The Labute approximate surface area is 93.8 Å². The molecule has 1 aromatic rings. The molecule has 0 aromatic heterocycles. The van der Waals surface area contributed by atoms with Crippen molar-refractivity contribution in [3.8, 4) is 11.8 Å². The molecule has 1 amide bonds. The Bertz CT molecular complexity index is 451. The Hall–Kier alpha value is -2.02. The molecule has 1 aliphatic rings. The van der Waals surface area contributed by atoms with Crippen LogP contribution in [0, 0.1) is 17.2 Å². The van der Waals surface area contributed by atoms with Crippen LogP contribution in [0.3, 0.4) is 0 Å². The quantitative estimate of drug-likeness (QED) is 0.821. The summed E-state index contributed by atoms with van der Waals surface area (Å²) >= 11 is 0. The molecule has 1 N–H and O–H groups in total. The second kappa shape index (κ2) is 4.23. The molecule has 1 aliphatic heterocycles. The molecule has 2 rings (SSSR count). The maximum absolute atomic E-state index is 11.7. The number of amides is 1. The first kappa shape index (κ1) is 10.5. The third-order valence-corrected chi connectivity index (χ3v) is 2.63. The van der Waals surface area contributed by atoms with Crippen molar-refractivity contribution in [2.45, 2.75) is 19.4 Å². The van der Waals surface area contributed by atoms with Crippen molar-refractivity contribution in [2.75, 3.05) is 5.32 Å². The second-order valence-electron chi connectivity index (χ2n) is 3.67. The molecule has 0 aliphatic carbocycles. The number of fused-ring (bicyclic) bond motifs is 1. The molecule has 2 atom stereocenters. The average molecular weight is 216 g/mol. The molecule has 0 radical (unpaired) electrons. The molecule has 16 heavy (non-hydrogen) atoms. The third-order valence-electron chi connectivity index (χ3n) is 2.63. The fourth-order valence-corrected chi connectivity index (χ4v) is 1.70. The van der Waals surface area contributed by atoms with Crippen molar-refractivity contribution in [2.24, 2.45) is 5.92 Å². The minimum absolute atomic E-state index is 0.243. The fraction of sp³-hybridized carbons (Fsp3) is 0.333. The lowest BCUT2D eigenvalue weighted by atomic mass is 9.99. The number of hydrogen-bond acceptors (Lipinski definition) is 3. The van der Waals surface area contributed by atoms with E-state index in [1.54, 1.807) is 12.1 Å². The lowest BCUT2D eigenvalue weighted by molar-refractivity contribution is -0.125. The van der Waals surface area contributed by atoms with Gasteiger partial charge in [-0.15, -0.1) is 0 Å². The Morgan fingerprint density at radius 3 is 3.00 bits per heavy atom. The summed E-state index contributed by atoms with van der Waals surface area (Å²) in [5.74, 6) is -0.0266. The Balaban J connectivity index is 2.28. The minimum Gasteiger partial charge on any atom is -0.477 e. The third kappa shape index (κ3) is 1.72. The normalized spacial score (nSPS) is 20.0. The van der Waals surface area contributed by atoms with Gasteiger partial charge in [0, 0.05) is 0 Å². The second-order valence-corrected chi connectivity index (χ2v) is 3.67. The van der Waals surface area contributed by atoms with E-state index in [4.69, 9.17) is 10.00 Å². The molecule has 4 heteroatoms. The van der Waals surface area contributed by atoms with Crippen LogP contribution in [0.2, 0.25) is 0 Å². The number of anilines is 1. The standard InChI is InChI=1S/C12H12N2O2/c1-2-8(7-13)11-12(15)14-9-5-3-4-6-10(9)16-11/h3-6,8,11H,2H2,1H3,(H,14,15). The number of ether oxygens (including phenoxy) is 1. The van der Waals surface area contributed by atoms with E-state index in [0.717, 1.165) is 0 Å². The van der Waals surface area contributed by atoms with Gasteiger partial charge in [-0.3, -0.25) is 4.79 Å². The number of nitriles is 1. The number of carbonyl (C=O) groups excluding carboxylic acids is 1. The van der Waals surface area contributed by atoms with Gasteiger partial charge in [0.05, 0.1) is 17.7 Å².